The molecule has 22 heavy (non-hydrogen) atoms. The molecule has 2 aromatic heterocycles. The maximum absolute atomic E-state index is 11.9. The van der Waals surface area contributed by atoms with Gasteiger partial charge in [0, 0.05) is 12.4 Å². The average Bonchev–Trinajstić information content (AvgIpc) is 3.11. The predicted molar refractivity (Wildman–Crippen MR) is 79.1 cm³/mol. The zero-order chi connectivity index (χ0) is 15.7. The Hall–Kier alpha value is -2.67. The minimum atomic E-state index is -1.32. The van der Waals surface area contributed by atoms with E-state index in [-0.39, 0.29) is 12.2 Å². The number of nitrogens with one attached hydrogen (secondary N) is 1. The number of hydrogen-bond acceptors (Lipinski definition) is 5. The first-order chi connectivity index (χ1) is 10.5. The Labute approximate surface area is 126 Å². The van der Waals surface area contributed by atoms with E-state index in [0.717, 1.165) is 5.39 Å². The van der Waals surface area contributed by atoms with Crippen LogP contribution < -0.4 is 5.32 Å². The first kappa shape index (κ1) is 14.3. The van der Waals surface area contributed by atoms with Gasteiger partial charge in [-0.2, -0.15) is 0 Å². The van der Waals surface area contributed by atoms with Crippen LogP contribution in [0.1, 0.15) is 23.2 Å². The van der Waals surface area contributed by atoms with Gasteiger partial charge in [-0.3, -0.25) is 9.48 Å². The number of amides is 1. The molecular formula is C15H16N4O3. The quantitative estimate of drug-likeness (QED) is 0.755. The first-order valence-corrected chi connectivity index (χ1v) is 6.82. The molecule has 0 saturated carbocycles. The highest BCUT2D eigenvalue weighted by molar-refractivity contribution is 5.91. The molecule has 0 bridgehead atoms. The van der Waals surface area contributed by atoms with Crippen LogP contribution in [0.5, 0.6) is 0 Å². The molecule has 7 nitrogen and oxygen atoms in total. The van der Waals surface area contributed by atoms with Gasteiger partial charge in [-0.1, -0.05) is 23.4 Å². The molecule has 0 radical (unpaired) electrons. The summed E-state index contributed by atoms with van der Waals surface area (Å²) in [5, 5.41) is 21.5. The van der Waals surface area contributed by atoms with Crippen molar-refractivity contribution in [3.05, 3.63) is 48.0 Å². The summed E-state index contributed by atoms with van der Waals surface area (Å²) in [6.07, 6.45) is 1.51. The second-order valence-corrected chi connectivity index (χ2v) is 5.38. The van der Waals surface area contributed by atoms with Crippen molar-refractivity contribution >= 4 is 16.9 Å². The number of carbonyl (C=O) groups excluding carboxylic acids is 1. The lowest BCUT2D eigenvalue weighted by Gasteiger charge is -2.20. The molecular weight excluding hydrogens is 284 g/mol. The number of para-hydroxylation sites is 1. The normalized spacial score (nSPS) is 14.0. The van der Waals surface area contributed by atoms with E-state index in [0.29, 0.717) is 11.3 Å². The van der Waals surface area contributed by atoms with E-state index in [1.807, 2.05) is 24.3 Å². The van der Waals surface area contributed by atoms with Gasteiger partial charge in [0.1, 0.15) is 16.9 Å². The summed E-state index contributed by atoms with van der Waals surface area (Å²) >= 11 is 0. The van der Waals surface area contributed by atoms with Crippen LogP contribution in [-0.2, 0) is 12.6 Å². The average molecular weight is 300 g/mol. The van der Waals surface area contributed by atoms with Crippen molar-refractivity contribution in [2.45, 2.75) is 12.5 Å². The number of aromatic nitrogens is 3. The fourth-order valence-electron chi connectivity index (χ4n) is 2.13. The van der Waals surface area contributed by atoms with Crippen LogP contribution in [0.2, 0.25) is 0 Å². The van der Waals surface area contributed by atoms with Gasteiger partial charge in [0.15, 0.2) is 5.69 Å². The zero-order valence-corrected chi connectivity index (χ0v) is 12.3. The topological polar surface area (TPSA) is 93.2 Å². The number of aryl methyl sites for hydroxylation is 1. The van der Waals surface area contributed by atoms with E-state index in [1.54, 1.807) is 20.0 Å². The number of fused-ring (bicyclic) bond motifs is 1. The number of benzene rings is 1. The van der Waals surface area contributed by atoms with E-state index in [9.17, 15) is 9.90 Å². The van der Waals surface area contributed by atoms with Gasteiger partial charge in [-0.15, -0.1) is 5.10 Å². The number of rotatable bonds is 4. The van der Waals surface area contributed by atoms with E-state index >= 15 is 0 Å². The third kappa shape index (κ3) is 2.71. The van der Waals surface area contributed by atoms with E-state index in [1.165, 1.54) is 10.9 Å². The Morgan fingerprint density at radius 1 is 1.45 bits per heavy atom. The van der Waals surface area contributed by atoms with E-state index in [4.69, 9.17) is 4.42 Å². The Morgan fingerprint density at radius 3 is 2.91 bits per heavy atom. The molecule has 0 saturated heterocycles. The highest BCUT2D eigenvalue weighted by Crippen LogP contribution is 2.27. The van der Waals surface area contributed by atoms with Gasteiger partial charge in [0.2, 0.25) is 0 Å². The summed E-state index contributed by atoms with van der Waals surface area (Å²) in [6, 6.07) is 9.25. The van der Waals surface area contributed by atoms with Crippen LogP contribution >= 0.6 is 0 Å². The zero-order valence-electron chi connectivity index (χ0n) is 12.3. The second-order valence-electron chi connectivity index (χ2n) is 5.38. The van der Waals surface area contributed by atoms with Crippen LogP contribution in [-0.4, -0.2) is 32.6 Å². The van der Waals surface area contributed by atoms with Crippen LogP contribution in [0.3, 0.4) is 0 Å². The van der Waals surface area contributed by atoms with Gasteiger partial charge < -0.3 is 14.8 Å². The van der Waals surface area contributed by atoms with Gasteiger partial charge >= 0.3 is 0 Å². The lowest BCUT2D eigenvalue weighted by Crippen LogP contribution is -2.38. The number of nitrogens with zero attached hydrogens (tertiary/aromatic N) is 3. The van der Waals surface area contributed by atoms with Crippen LogP contribution in [0.4, 0.5) is 0 Å². The molecule has 0 aliphatic heterocycles. The van der Waals surface area contributed by atoms with Crippen molar-refractivity contribution in [1.29, 1.82) is 0 Å². The Balaban J connectivity index is 1.74. The summed E-state index contributed by atoms with van der Waals surface area (Å²) in [6.45, 7) is 1.59. The third-order valence-electron chi connectivity index (χ3n) is 3.38. The second kappa shape index (κ2) is 5.27. The van der Waals surface area contributed by atoms with Crippen LogP contribution in [0.15, 0.2) is 40.9 Å². The van der Waals surface area contributed by atoms with E-state index < -0.39 is 11.5 Å². The Bertz CT molecular complexity index is 786. The lowest BCUT2D eigenvalue weighted by molar-refractivity contribution is 0.0343. The summed E-state index contributed by atoms with van der Waals surface area (Å²) in [4.78, 5) is 11.9. The SMILES string of the molecule is Cn1cc(C(=O)NC[C@@](C)(O)c2cc3ccccc3o2)nn1. The van der Waals surface area contributed by atoms with Crippen molar-refractivity contribution in [3.8, 4) is 0 Å². The minimum Gasteiger partial charge on any atom is -0.458 e. The van der Waals surface area contributed by atoms with Gasteiger partial charge in [0.05, 0.1) is 12.7 Å². The molecule has 1 atom stereocenters. The number of furan rings is 1. The summed E-state index contributed by atoms with van der Waals surface area (Å²) < 4.78 is 7.08. The predicted octanol–water partition coefficient (Wildman–Crippen LogP) is 1.20. The van der Waals surface area contributed by atoms with Crippen molar-refractivity contribution in [2.75, 3.05) is 6.54 Å². The monoisotopic (exact) mass is 300 g/mol. The number of aliphatic hydroxyl groups is 1. The van der Waals surface area contributed by atoms with Gasteiger partial charge in [0.25, 0.3) is 5.91 Å². The number of carbonyl (C=O) groups is 1. The first-order valence-electron chi connectivity index (χ1n) is 6.82. The van der Waals surface area contributed by atoms with Crippen molar-refractivity contribution < 1.29 is 14.3 Å². The van der Waals surface area contributed by atoms with E-state index in [2.05, 4.69) is 15.6 Å². The molecule has 7 heteroatoms. The molecule has 0 unspecified atom stereocenters. The fraction of sp³-hybridized carbons (Fsp3) is 0.267. The molecule has 1 amide bonds. The molecule has 3 aromatic rings. The molecule has 0 fully saturated rings. The van der Waals surface area contributed by atoms with Gasteiger partial charge in [-0.05, 0) is 19.1 Å². The highest BCUT2D eigenvalue weighted by atomic mass is 16.4. The maximum Gasteiger partial charge on any atom is 0.273 e. The molecule has 2 heterocycles. The Kier molecular flexibility index (Phi) is 3.42. The summed E-state index contributed by atoms with van der Waals surface area (Å²) in [5.74, 6) is -0.00219. The highest BCUT2D eigenvalue weighted by Gasteiger charge is 2.28. The molecule has 1 aromatic carbocycles. The van der Waals surface area contributed by atoms with Crippen LogP contribution in [0, 0.1) is 0 Å². The lowest BCUT2D eigenvalue weighted by atomic mass is 10.0. The molecule has 0 aliphatic rings. The Morgan fingerprint density at radius 2 is 2.23 bits per heavy atom. The number of hydrogen-bond donors (Lipinski definition) is 2. The molecule has 0 aliphatic carbocycles. The molecule has 2 N–H and O–H groups in total. The minimum absolute atomic E-state index is 0.00221. The fourth-order valence-corrected chi connectivity index (χ4v) is 2.13. The molecule has 114 valence electrons. The standard InChI is InChI=1S/C15H16N4O3/c1-15(21,9-16-14(20)11-8-19(2)18-17-11)13-7-10-5-3-4-6-12(10)22-13/h3-8,21H,9H2,1-2H3,(H,16,20)/t15-/m1/s1. The van der Waals surface area contributed by atoms with Crippen LogP contribution in [0.25, 0.3) is 11.0 Å². The van der Waals surface area contributed by atoms with Gasteiger partial charge in [-0.25, -0.2) is 0 Å². The van der Waals surface area contributed by atoms with Crippen molar-refractivity contribution in [1.82, 2.24) is 20.3 Å². The van der Waals surface area contributed by atoms with Crippen molar-refractivity contribution in [3.63, 3.8) is 0 Å². The smallest absolute Gasteiger partial charge is 0.273 e. The summed E-state index contributed by atoms with van der Waals surface area (Å²) in [5.41, 5.74) is -0.433. The third-order valence-corrected chi connectivity index (χ3v) is 3.38. The van der Waals surface area contributed by atoms with Crippen molar-refractivity contribution in [2.24, 2.45) is 7.05 Å². The maximum atomic E-state index is 11.9. The molecule has 3 rings (SSSR count). The summed E-state index contributed by atoms with van der Waals surface area (Å²) in [7, 11) is 1.67. The molecule has 0 spiro atoms. The largest absolute Gasteiger partial charge is 0.458 e.